The second-order valence-corrected chi connectivity index (χ2v) is 5.50. The van der Waals surface area contributed by atoms with E-state index in [0.29, 0.717) is 24.7 Å². The monoisotopic (exact) mass is 368 g/mol. The van der Waals surface area contributed by atoms with Crippen molar-refractivity contribution in [2.45, 2.75) is 13.0 Å². The van der Waals surface area contributed by atoms with Crippen molar-refractivity contribution in [1.29, 1.82) is 0 Å². The van der Waals surface area contributed by atoms with Crippen LogP contribution in [0.3, 0.4) is 0 Å². The lowest BCUT2D eigenvalue weighted by Crippen LogP contribution is -2.26. The first-order valence-corrected chi connectivity index (χ1v) is 8.60. The van der Waals surface area contributed by atoms with E-state index in [0.717, 1.165) is 11.1 Å². The summed E-state index contributed by atoms with van der Waals surface area (Å²) in [4.78, 5) is 12.3. The predicted octanol–water partition coefficient (Wildman–Crippen LogP) is 3.49. The van der Waals surface area contributed by atoms with Gasteiger partial charge in [0.2, 0.25) is 0 Å². The van der Waals surface area contributed by atoms with Crippen LogP contribution in [0.25, 0.3) is 0 Å². The largest absolute Gasteiger partial charge is 0.490 e. The van der Waals surface area contributed by atoms with Gasteiger partial charge in [0, 0.05) is 7.11 Å². The third-order valence-corrected chi connectivity index (χ3v) is 3.59. The van der Waals surface area contributed by atoms with E-state index >= 15 is 0 Å². The zero-order valence-electron chi connectivity index (χ0n) is 15.6. The fourth-order valence-corrected chi connectivity index (χ4v) is 2.39. The molecule has 0 saturated carbocycles. The Bertz CT molecular complexity index is 775. The van der Waals surface area contributed by atoms with Gasteiger partial charge in [-0.2, -0.15) is 5.10 Å². The SMILES string of the molecule is C=CCOc1ccc(/C=N\NC(=O)[C@@H](OC)c2ccccc2)cc1OCC. The molecule has 0 fully saturated rings. The Morgan fingerprint density at radius 2 is 1.96 bits per heavy atom. The number of nitrogens with zero attached hydrogens (tertiary/aromatic N) is 1. The molecule has 0 spiro atoms. The van der Waals surface area contributed by atoms with E-state index in [1.165, 1.54) is 13.3 Å². The Balaban J connectivity index is 2.05. The third-order valence-electron chi connectivity index (χ3n) is 3.59. The van der Waals surface area contributed by atoms with Crippen LogP contribution in [0.15, 0.2) is 66.3 Å². The van der Waals surface area contributed by atoms with E-state index in [4.69, 9.17) is 14.2 Å². The number of amides is 1. The minimum atomic E-state index is -0.725. The summed E-state index contributed by atoms with van der Waals surface area (Å²) in [5.74, 6) is 0.881. The number of rotatable bonds is 10. The van der Waals surface area contributed by atoms with Gasteiger partial charge >= 0.3 is 0 Å². The maximum Gasteiger partial charge on any atom is 0.273 e. The maximum atomic E-state index is 12.3. The number of benzene rings is 2. The summed E-state index contributed by atoms with van der Waals surface area (Å²) < 4.78 is 16.4. The smallest absolute Gasteiger partial charge is 0.273 e. The Labute approximate surface area is 159 Å². The number of nitrogens with one attached hydrogen (secondary N) is 1. The number of hydrogen-bond acceptors (Lipinski definition) is 5. The molecule has 0 saturated heterocycles. The van der Waals surface area contributed by atoms with Crippen molar-refractivity contribution in [2.24, 2.45) is 5.10 Å². The van der Waals surface area contributed by atoms with Crippen LogP contribution < -0.4 is 14.9 Å². The minimum Gasteiger partial charge on any atom is -0.490 e. The van der Waals surface area contributed by atoms with Gasteiger partial charge in [-0.1, -0.05) is 43.0 Å². The van der Waals surface area contributed by atoms with Crippen molar-refractivity contribution in [3.8, 4) is 11.5 Å². The molecule has 1 atom stereocenters. The summed E-state index contributed by atoms with van der Waals surface area (Å²) in [6, 6.07) is 14.6. The van der Waals surface area contributed by atoms with E-state index in [9.17, 15) is 4.79 Å². The fourth-order valence-electron chi connectivity index (χ4n) is 2.39. The quantitative estimate of drug-likeness (QED) is 0.396. The third kappa shape index (κ3) is 5.97. The van der Waals surface area contributed by atoms with Gasteiger partial charge in [0.05, 0.1) is 12.8 Å². The van der Waals surface area contributed by atoms with Crippen LogP contribution in [0.4, 0.5) is 0 Å². The van der Waals surface area contributed by atoms with E-state index in [1.807, 2.05) is 43.3 Å². The first kappa shape index (κ1) is 20.2. The van der Waals surface area contributed by atoms with Crippen LogP contribution >= 0.6 is 0 Å². The zero-order chi connectivity index (χ0) is 19.5. The Morgan fingerprint density at radius 3 is 2.63 bits per heavy atom. The summed E-state index contributed by atoms with van der Waals surface area (Å²) in [6.07, 6.45) is 2.48. The molecule has 0 heterocycles. The van der Waals surface area contributed by atoms with Crippen LogP contribution in [-0.4, -0.2) is 32.4 Å². The highest BCUT2D eigenvalue weighted by Crippen LogP contribution is 2.28. The van der Waals surface area contributed by atoms with Crippen LogP contribution in [0, 0.1) is 0 Å². The second-order valence-electron chi connectivity index (χ2n) is 5.50. The molecule has 0 unspecified atom stereocenters. The van der Waals surface area contributed by atoms with Gasteiger partial charge in [-0.3, -0.25) is 4.79 Å². The van der Waals surface area contributed by atoms with Crippen LogP contribution in [-0.2, 0) is 9.53 Å². The first-order valence-electron chi connectivity index (χ1n) is 8.60. The van der Waals surface area contributed by atoms with E-state index in [1.54, 1.807) is 18.2 Å². The molecule has 27 heavy (non-hydrogen) atoms. The number of hydrazone groups is 1. The molecule has 142 valence electrons. The van der Waals surface area contributed by atoms with Gasteiger partial charge in [0.15, 0.2) is 17.6 Å². The lowest BCUT2D eigenvalue weighted by atomic mass is 10.1. The molecule has 2 rings (SSSR count). The highest BCUT2D eigenvalue weighted by molar-refractivity contribution is 5.85. The van der Waals surface area contributed by atoms with Crippen LogP contribution in [0.5, 0.6) is 11.5 Å². The molecular weight excluding hydrogens is 344 g/mol. The van der Waals surface area contributed by atoms with Crippen LogP contribution in [0.1, 0.15) is 24.2 Å². The van der Waals surface area contributed by atoms with Gasteiger partial charge in [0.25, 0.3) is 5.91 Å². The lowest BCUT2D eigenvalue weighted by molar-refractivity contribution is -0.131. The average molecular weight is 368 g/mol. The zero-order valence-corrected chi connectivity index (χ0v) is 15.6. The van der Waals surface area contributed by atoms with Gasteiger partial charge in [-0.15, -0.1) is 0 Å². The molecule has 6 heteroatoms. The highest BCUT2D eigenvalue weighted by Gasteiger charge is 2.19. The summed E-state index contributed by atoms with van der Waals surface area (Å²) in [6.45, 7) is 6.43. The Morgan fingerprint density at radius 1 is 1.19 bits per heavy atom. The summed E-state index contributed by atoms with van der Waals surface area (Å²) >= 11 is 0. The first-order chi connectivity index (χ1) is 13.2. The van der Waals surface area contributed by atoms with E-state index < -0.39 is 6.10 Å². The Kier molecular flexibility index (Phi) is 8.06. The fraction of sp³-hybridized carbons (Fsp3) is 0.238. The standard InChI is InChI=1S/C21H24N2O4/c1-4-13-27-18-12-11-16(14-19(18)26-5-2)15-22-23-21(24)20(25-3)17-9-7-6-8-10-17/h4,6-12,14-15,20H,1,5,13H2,2-3H3,(H,23,24)/b22-15-/t20-/m0/s1. The van der Waals surface area contributed by atoms with Gasteiger partial charge in [-0.25, -0.2) is 5.43 Å². The van der Waals surface area contributed by atoms with Crippen molar-refractivity contribution < 1.29 is 19.0 Å². The second kappa shape index (κ2) is 10.8. The summed E-state index contributed by atoms with van der Waals surface area (Å²) in [5.41, 5.74) is 4.02. The summed E-state index contributed by atoms with van der Waals surface area (Å²) in [7, 11) is 1.48. The van der Waals surface area contributed by atoms with Crippen LogP contribution in [0.2, 0.25) is 0 Å². The normalized spacial score (nSPS) is 11.8. The molecule has 6 nitrogen and oxygen atoms in total. The molecule has 0 bridgehead atoms. The summed E-state index contributed by atoms with van der Waals surface area (Å²) in [5, 5.41) is 4.01. The van der Waals surface area contributed by atoms with Crippen molar-refractivity contribution in [3.63, 3.8) is 0 Å². The molecular formula is C21H24N2O4. The van der Waals surface area contributed by atoms with Gasteiger partial charge in [0.1, 0.15) is 6.61 Å². The van der Waals surface area contributed by atoms with Crippen molar-refractivity contribution >= 4 is 12.1 Å². The van der Waals surface area contributed by atoms with E-state index in [-0.39, 0.29) is 5.91 Å². The van der Waals surface area contributed by atoms with Crippen molar-refractivity contribution in [3.05, 3.63) is 72.3 Å². The number of carbonyl (C=O) groups is 1. The topological polar surface area (TPSA) is 69.2 Å². The molecule has 0 radical (unpaired) electrons. The van der Waals surface area contributed by atoms with Crippen molar-refractivity contribution in [2.75, 3.05) is 20.3 Å². The lowest BCUT2D eigenvalue weighted by Gasteiger charge is -2.13. The van der Waals surface area contributed by atoms with Gasteiger partial charge < -0.3 is 14.2 Å². The molecule has 0 aliphatic heterocycles. The number of methoxy groups -OCH3 is 1. The molecule has 2 aromatic carbocycles. The number of hydrogen-bond donors (Lipinski definition) is 1. The Hall–Kier alpha value is -3.12. The minimum absolute atomic E-state index is 0.351. The molecule has 0 aromatic heterocycles. The molecule has 1 N–H and O–H groups in total. The van der Waals surface area contributed by atoms with E-state index in [2.05, 4.69) is 17.1 Å². The molecule has 0 aliphatic carbocycles. The van der Waals surface area contributed by atoms with Crippen molar-refractivity contribution in [1.82, 2.24) is 5.43 Å². The number of carbonyl (C=O) groups excluding carboxylic acids is 1. The highest BCUT2D eigenvalue weighted by atomic mass is 16.5. The molecule has 2 aromatic rings. The predicted molar refractivity (Wildman–Crippen MR) is 105 cm³/mol. The average Bonchev–Trinajstić information content (AvgIpc) is 2.69. The number of ether oxygens (including phenoxy) is 3. The van der Waals surface area contributed by atoms with Gasteiger partial charge in [-0.05, 0) is 36.2 Å². The molecule has 1 amide bonds. The maximum absolute atomic E-state index is 12.3. The molecule has 0 aliphatic rings.